The smallest absolute Gasteiger partial charge is 0.321 e. The number of carbonyl (C=O) groups is 1. The van der Waals surface area contributed by atoms with E-state index < -0.39 is 0 Å². The summed E-state index contributed by atoms with van der Waals surface area (Å²) in [4.78, 5) is 10.8. The largest absolute Gasteiger partial charge is 0.463 e. The molecule has 0 N–H and O–H groups in total. The zero-order chi connectivity index (χ0) is 9.14. The first-order chi connectivity index (χ1) is 5.63. The van der Waals surface area contributed by atoms with Gasteiger partial charge in [-0.25, -0.2) is 0 Å². The van der Waals surface area contributed by atoms with Crippen molar-refractivity contribution < 1.29 is 13.9 Å². The third-order valence-corrected chi connectivity index (χ3v) is 1.61. The molecular formula is C8H10O3S. The summed E-state index contributed by atoms with van der Waals surface area (Å²) in [5.74, 6) is 1.52. The molecule has 0 aliphatic rings. The average Bonchev–Trinajstić information content (AvgIpc) is 2.30. The Morgan fingerprint density at radius 2 is 2.33 bits per heavy atom. The predicted molar refractivity (Wildman–Crippen MR) is 47.7 cm³/mol. The molecule has 0 aliphatic carbocycles. The van der Waals surface area contributed by atoms with E-state index in [1.54, 1.807) is 19.9 Å². The van der Waals surface area contributed by atoms with Gasteiger partial charge in [-0.3, -0.25) is 4.79 Å². The maximum absolute atomic E-state index is 10.8. The molecule has 3 nitrogen and oxygen atoms in total. The maximum Gasteiger partial charge on any atom is 0.321 e. The van der Waals surface area contributed by atoms with Crippen molar-refractivity contribution in [2.45, 2.75) is 13.8 Å². The van der Waals surface area contributed by atoms with E-state index in [0.29, 0.717) is 11.5 Å². The van der Waals surface area contributed by atoms with Gasteiger partial charge >= 0.3 is 5.97 Å². The van der Waals surface area contributed by atoms with E-state index in [0.717, 1.165) is 5.76 Å². The summed E-state index contributed by atoms with van der Waals surface area (Å²) in [6.45, 7) is 3.54. The number of carbonyl (C=O) groups excluding carboxylic acids is 1. The molecule has 66 valence electrons. The second-order valence-corrected chi connectivity index (χ2v) is 2.73. The van der Waals surface area contributed by atoms with Crippen molar-refractivity contribution in [2.75, 3.05) is 5.75 Å². The molecule has 0 bridgehead atoms. The Balaban J connectivity index is 2.75. The van der Waals surface area contributed by atoms with Gasteiger partial charge in [0.2, 0.25) is 0 Å². The van der Waals surface area contributed by atoms with E-state index in [9.17, 15) is 4.79 Å². The Morgan fingerprint density at radius 1 is 1.67 bits per heavy atom. The number of ether oxygens (including phenoxy) is 1. The SMILES string of the molecule is Cc1cc(OC(=O)CS)c(C)o1. The fourth-order valence-electron chi connectivity index (χ4n) is 0.864. The maximum atomic E-state index is 10.8. The third-order valence-electron chi connectivity index (χ3n) is 1.35. The monoisotopic (exact) mass is 186 g/mol. The van der Waals surface area contributed by atoms with Crippen LogP contribution in [0.15, 0.2) is 10.5 Å². The molecule has 12 heavy (non-hydrogen) atoms. The number of thiol groups is 1. The van der Waals surface area contributed by atoms with E-state index >= 15 is 0 Å². The van der Waals surface area contributed by atoms with Crippen molar-refractivity contribution in [1.29, 1.82) is 0 Å². The lowest BCUT2D eigenvalue weighted by molar-refractivity contribution is -0.131. The molecule has 0 aliphatic heterocycles. The van der Waals surface area contributed by atoms with E-state index in [4.69, 9.17) is 9.15 Å². The standard InChI is InChI=1S/C8H10O3S/c1-5-3-7(6(2)10-5)11-8(9)4-12/h3,12H,4H2,1-2H3. The van der Waals surface area contributed by atoms with Crippen LogP contribution in [-0.2, 0) is 4.79 Å². The minimum Gasteiger partial charge on any atom is -0.463 e. The highest BCUT2D eigenvalue weighted by Gasteiger charge is 2.08. The molecular weight excluding hydrogens is 176 g/mol. The number of aryl methyl sites for hydroxylation is 2. The van der Waals surface area contributed by atoms with Gasteiger partial charge in [0.15, 0.2) is 5.75 Å². The first-order valence-electron chi connectivity index (χ1n) is 3.52. The van der Waals surface area contributed by atoms with E-state index in [2.05, 4.69) is 12.6 Å². The summed E-state index contributed by atoms with van der Waals surface area (Å²) in [6, 6.07) is 1.68. The Bertz CT molecular complexity index is 290. The topological polar surface area (TPSA) is 39.4 Å². The first-order valence-corrected chi connectivity index (χ1v) is 4.15. The summed E-state index contributed by atoms with van der Waals surface area (Å²) >= 11 is 3.78. The molecule has 1 heterocycles. The normalized spacial score (nSPS) is 9.92. The number of furan rings is 1. The van der Waals surface area contributed by atoms with E-state index in [1.165, 1.54) is 0 Å². The molecule has 1 aromatic rings. The summed E-state index contributed by atoms with van der Waals surface area (Å²) in [5.41, 5.74) is 0. The van der Waals surface area contributed by atoms with Gasteiger partial charge in [0.25, 0.3) is 0 Å². The second kappa shape index (κ2) is 3.67. The van der Waals surface area contributed by atoms with Crippen molar-refractivity contribution in [3.63, 3.8) is 0 Å². The number of hydrogen-bond donors (Lipinski definition) is 1. The van der Waals surface area contributed by atoms with Crippen molar-refractivity contribution in [3.8, 4) is 5.75 Å². The van der Waals surface area contributed by atoms with Crippen molar-refractivity contribution in [3.05, 3.63) is 17.6 Å². The Kier molecular flexibility index (Phi) is 2.81. The van der Waals surface area contributed by atoms with Gasteiger partial charge in [-0.15, -0.1) is 0 Å². The highest BCUT2D eigenvalue weighted by Crippen LogP contribution is 2.21. The predicted octanol–water partition coefficient (Wildman–Crippen LogP) is 1.73. The van der Waals surface area contributed by atoms with Crippen LogP contribution in [0.5, 0.6) is 5.75 Å². The van der Waals surface area contributed by atoms with Gasteiger partial charge in [-0.05, 0) is 13.8 Å². The van der Waals surface area contributed by atoms with Crippen LogP contribution in [0.3, 0.4) is 0 Å². The summed E-state index contributed by atoms with van der Waals surface area (Å²) < 4.78 is 10.1. The molecule has 0 atom stereocenters. The second-order valence-electron chi connectivity index (χ2n) is 2.41. The minimum absolute atomic E-state index is 0.0731. The van der Waals surface area contributed by atoms with Crippen LogP contribution < -0.4 is 4.74 Å². The van der Waals surface area contributed by atoms with Gasteiger partial charge in [0.1, 0.15) is 11.5 Å². The van der Waals surface area contributed by atoms with Gasteiger partial charge in [-0.2, -0.15) is 12.6 Å². The first kappa shape index (κ1) is 9.19. The Hall–Kier alpha value is -0.900. The molecule has 0 aromatic carbocycles. The van der Waals surface area contributed by atoms with Crippen molar-refractivity contribution >= 4 is 18.6 Å². The fraction of sp³-hybridized carbons (Fsp3) is 0.375. The Labute approximate surface area is 76.1 Å². The summed E-state index contributed by atoms with van der Waals surface area (Å²) in [7, 11) is 0. The molecule has 0 amide bonds. The van der Waals surface area contributed by atoms with Crippen molar-refractivity contribution in [2.24, 2.45) is 0 Å². The van der Waals surface area contributed by atoms with Gasteiger partial charge in [0, 0.05) is 6.07 Å². The molecule has 0 unspecified atom stereocenters. The summed E-state index contributed by atoms with van der Waals surface area (Å²) in [6.07, 6.45) is 0. The van der Waals surface area contributed by atoms with E-state index in [-0.39, 0.29) is 11.7 Å². The van der Waals surface area contributed by atoms with Gasteiger partial charge in [-0.1, -0.05) is 0 Å². The summed E-state index contributed by atoms with van der Waals surface area (Å²) in [5, 5.41) is 0. The molecule has 1 rings (SSSR count). The quantitative estimate of drug-likeness (QED) is 0.564. The average molecular weight is 186 g/mol. The molecule has 0 radical (unpaired) electrons. The van der Waals surface area contributed by atoms with Crippen LogP contribution in [0.1, 0.15) is 11.5 Å². The number of rotatable bonds is 2. The third kappa shape index (κ3) is 2.04. The fourth-order valence-corrected chi connectivity index (χ4v) is 0.928. The van der Waals surface area contributed by atoms with Crippen LogP contribution in [-0.4, -0.2) is 11.7 Å². The molecule has 4 heteroatoms. The molecule has 0 fully saturated rings. The zero-order valence-corrected chi connectivity index (χ0v) is 7.85. The zero-order valence-electron chi connectivity index (χ0n) is 6.96. The molecule has 0 saturated carbocycles. The molecule has 0 saturated heterocycles. The highest BCUT2D eigenvalue weighted by molar-refractivity contribution is 7.81. The Morgan fingerprint density at radius 3 is 2.75 bits per heavy atom. The van der Waals surface area contributed by atoms with Crippen LogP contribution in [0, 0.1) is 13.8 Å². The molecule has 1 aromatic heterocycles. The van der Waals surface area contributed by atoms with Gasteiger partial charge < -0.3 is 9.15 Å². The number of esters is 1. The lowest BCUT2D eigenvalue weighted by Crippen LogP contribution is -2.08. The van der Waals surface area contributed by atoms with Crippen LogP contribution in [0.4, 0.5) is 0 Å². The molecule has 0 spiro atoms. The van der Waals surface area contributed by atoms with Gasteiger partial charge in [0.05, 0.1) is 5.75 Å². The minimum atomic E-state index is -0.373. The number of hydrogen-bond acceptors (Lipinski definition) is 4. The van der Waals surface area contributed by atoms with Crippen LogP contribution >= 0.6 is 12.6 Å². The van der Waals surface area contributed by atoms with E-state index in [1.807, 2.05) is 0 Å². The lowest BCUT2D eigenvalue weighted by Gasteiger charge is -1.97. The van der Waals surface area contributed by atoms with Crippen LogP contribution in [0.25, 0.3) is 0 Å². The van der Waals surface area contributed by atoms with Crippen LogP contribution in [0.2, 0.25) is 0 Å². The highest BCUT2D eigenvalue weighted by atomic mass is 32.1. The van der Waals surface area contributed by atoms with Crippen molar-refractivity contribution in [1.82, 2.24) is 0 Å². The lowest BCUT2D eigenvalue weighted by atomic mass is 10.4.